The Kier molecular flexibility index (Phi) is 12.9. The van der Waals surface area contributed by atoms with Crippen molar-refractivity contribution in [3.63, 3.8) is 0 Å². The van der Waals surface area contributed by atoms with Gasteiger partial charge in [0.05, 0.1) is 0 Å². The van der Waals surface area contributed by atoms with Gasteiger partial charge in [-0.25, -0.2) is 0 Å². The van der Waals surface area contributed by atoms with Crippen molar-refractivity contribution >= 4 is 8.32 Å². The average Bonchev–Trinajstić information content (AvgIpc) is 2.46. The molecule has 0 rings (SSSR count). The second kappa shape index (κ2) is 12.3. The average molecular weight is 414 g/mol. The predicted molar refractivity (Wildman–Crippen MR) is 91.2 cm³/mol. The van der Waals surface area contributed by atoms with Gasteiger partial charge in [0.25, 0.3) is 0 Å². The summed E-state index contributed by atoms with van der Waals surface area (Å²) in [5, 5.41) is 0. The number of unbranched alkanes of at least 4 members (excludes halogenated alkanes) is 3. The Morgan fingerprint density at radius 2 is 1.27 bits per heavy atom. The monoisotopic (exact) mass is 412 g/mol. The van der Waals surface area contributed by atoms with Crippen LogP contribution in [0.4, 0.5) is 0 Å². The van der Waals surface area contributed by atoms with Crippen LogP contribution in [0.1, 0.15) is 73.1 Å². The maximum absolute atomic E-state index is 10.4. The van der Waals surface area contributed by atoms with E-state index in [9.17, 15) is 6.37 Å². The fourth-order valence-electron chi connectivity index (χ4n) is 2.61. The summed E-state index contributed by atoms with van der Waals surface area (Å²) in [7, 11) is -2.10. The molecule has 134 valence electrons. The zero-order valence-electron chi connectivity index (χ0n) is 15.4. The zero-order valence-corrected chi connectivity index (χ0v) is 18.8. The molecular weight excluding hydrogens is 375 g/mol. The Hall–Kier alpha value is 0.940. The molecule has 0 aliphatic carbocycles. The summed E-state index contributed by atoms with van der Waals surface area (Å²) in [5.74, 6) is 0.289. The SMILES string of the molecule is CCCC[Si](CCCC)(CCCC)[O][Zr]([OH])([OH])[O]CC(C)C. The molecule has 0 radical (unpaired) electrons. The molecule has 0 aromatic carbocycles. The molecule has 0 aromatic heterocycles. The molecule has 0 spiro atoms. The molecular formula is C16H38O4SiZr. The van der Waals surface area contributed by atoms with Gasteiger partial charge in [0.2, 0.25) is 0 Å². The van der Waals surface area contributed by atoms with Crippen molar-refractivity contribution in [1.29, 1.82) is 0 Å². The molecule has 0 aromatic rings. The molecule has 0 saturated heterocycles. The minimum atomic E-state index is -4.79. The van der Waals surface area contributed by atoms with Crippen molar-refractivity contribution in [3.05, 3.63) is 0 Å². The Bertz CT molecular complexity index is 253. The summed E-state index contributed by atoms with van der Waals surface area (Å²) in [4.78, 5) is 0. The van der Waals surface area contributed by atoms with Crippen LogP contribution in [0.25, 0.3) is 0 Å². The number of hydrogen-bond acceptors (Lipinski definition) is 4. The first-order valence-electron chi connectivity index (χ1n) is 9.09. The second-order valence-electron chi connectivity index (χ2n) is 6.85. The van der Waals surface area contributed by atoms with Gasteiger partial charge in [0.15, 0.2) is 0 Å². The van der Waals surface area contributed by atoms with Crippen molar-refractivity contribution in [2.75, 3.05) is 6.61 Å². The van der Waals surface area contributed by atoms with E-state index in [0.717, 1.165) is 56.7 Å². The van der Waals surface area contributed by atoms with Crippen LogP contribution in [-0.4, -0.2) is 21.3 Å². The van der Waals surface area contributed by atoms with Gasteiger partial charge in [-0.3, -0.25) is 0 Å². The summed E-state index contributed by atoms with van der Waals surface area (Å²) in [6, 6.07) is 3.11. The number of hydrogen-bond donors (Lipinski definition) is 2. The van der Waals surface area contributed by atoms with Crippen LogP contribution in [0.2, 0.25) is 18.1 Å². The third-order valence-corrected chi connectivity index (χ3v) is 14.9. The first-order valence-corrected chi connectivity index (χ1v) is 15.8. The van der Waals surface area contributed by atoms with Crippen LogP contribution >= 0.6 is 0 Å². The number of rotatable bonds is 14. The molecule has 0 atom stereocenters. The van der Waals surface area contributed by atoms with E-state index < -0.39 is 30.3 Å². The summed E-state index contributed by atoms with van der Waals surface area (Å²) in [6.07, 6.45) is 6.73. The van der Waals surface area contributed by atoms with Crippen LogP contribution in [0.3, 0.4) is 0 Å². The van der Waals surface area contributed by atoms with Gasteiger partial charge in [-0.2, -0.15) is 0 Å². The first-order chi connectivity index (χ1) is 10.3. The van der Waals surface area contributed by atoms with Crippen molar-refractivity contribution in [1.82, 2.24) is 0 Å². The van der Waals surface area contributed by atoms with Crippen molar-refractivity contribution in [2.24, 2.45) is 5.92 Å². The Morgan fingerprint density at radius 1 is 0.864 bits per heavy atom. The first kappa shape index (κ1) is 22.9. The Balaban J connectivity index is 4.95. The van der Waals surface area contributed by atoms with Gasteiger partial charge < -0.3 is 0 Å². The fraction of sp³-hybridized carbons (Fsp3) is 1.00. The molecule has 0 unspecified atom stereocenters. The zero-order chi connectivity index (χ0) is 17.1. The van der Waals surface area contributed by atoms with Gasteiger partial charge in [0, 0.05) is 0 Å². The van der Waals surface area contributed by atoms with E-state index >= 15 is 0 Å². The summed E-state index contributed by atoms with van der Waals surface area (Å²) < 4.78 is 32.2. The standard InChI is InChI=1S/C12H27OSi.C4H9O.2H2O.Zr/c1-4-7-10-14(13,11-8-5-2)12-9-6-3;1-4(2)3-5;;;/h4-12H2,1-3H3;4H,3H2,1-2H3;2*1H2;/q2*-1;;;+4/p-2. The van der Waals surface area contributed by atoms with Crippen LogP contribution < -0.4 is 0 Å². The van der Waals surface area contributed by atoms with E-state index in [1.807, 2.05) is 13.8 Å². The third kappa shape index (κ3) is 10.7. The quantitative estimate of drug-likeness (QED) is 0.401. The molecule has 0 bridgehead atoms. The normalized spacial score (nSPS) is 13.1. The van der Waals surface area contributed by atoms with Crippen molar-refractivity contribution < 1.29 is 33.7 Å². The Labute approximate surface area is 145 Å². The summed E-state index contributed by atoms with van der Waals surface area (Å²) in [6.45, 7) is 11.0. The van der Waals surface area contributed by atoms with Crippen LogP contribution in [0.15, 0.2) is 0 Å². The molecule has 0 heterocycles. The van der Waals surface area contributed by atoms with Gasteiger partial charge in [-0.15, -0.1) is 0 Å². The van der Waals surface area contributed by atoms with Gasteiger partial charge in [0.1, 0.15) is 0 Å². The van der Waals surface area contributed by atoms with Gasteiger partial charge in [-0.1, -0.05) is 0 Å². The molecule has 0 amide bonds. The molecule has 2 N–H and O–H groups in total. The van der Waals surface area contributed by atoms with E-state index in [1.165, 1.54) is 0 Å². The van der Waals surface area contributed by atoms with Crippen LogP contribution in [0.5, 0.6) is 0 Å². The second-order valence-corrected chi connectivity index (χ2v) is 15.8. The van der Waals surface area contributed by atoms with E-state index in [4.69, 9.17) is 5.32 Å². The van der Waals surface area contributed by atoms with Crippen molar-refractivity contribution in [2.45, 2.75) is 91.3 Å². The fourth-order valence-corrected chi connectivity index (χ4v) is 15.5. The molecule has 22 heavy (non-hydrogen) atoms. The van der Waals surface area contributed by atoms with Crippen LogP contribution in [-0.2, 0) is 27.3 Å². The van der Waals surface area contributed by atoms with Gasteiger partial charge in [-0.05, 0) is 0 Å². The molecule has 0 saturated carbocycles. The molecule has 0 fully saturated rings. The van der Waals surface area contributed by atoms with Crippen LogP contribution in [0, 0.1) is 5.92 Å². The molecule has 6 heteroatoms. The van der Waals surface area contributed by atoms with Gasteiger partial charge >= 0.3 is 146 Å². The summed E-state index contributed by atoms with van der Waals surface area (Å²) in [5.41, 5.74) is 0. The minimum absolute atomic E-state index is 0.289. The third-order valence-electron chi connectivity index (χ3n) is 3.91. The maximum atomic E-state index is 10.4. The Morgan fingerprint density at radius 3 is 1.59 bits per heavy atom. The van der Waals surface area contributed by atoms with E-state index in [1.54, 1.807) is 0 Å². The van der Waals surface area contributed by atoms with E-state index in [-0.39, 0.29) is 5.92 Å². The molecule has 0 aliphatic rings. The van der Waals surface area contributed by atoms with E-state index in [2.05, 4.69) is 20.8 Å². The van der Waals surface area contributed by atoms with Crippen molar-refractivity contribution in [3.8, 4) is 0 Å². The van der Waals surface area contributed by atoms with E-state index in [0.29, 0.717) is 6.61 Å². The predicted octanol–water partition coefficient (Wildman–Crippen LogP) is 4.82. The topological polar surface area (TPSA) is 58.9 Å². The molecule has 0 aliphatic heterocycles. The summed E-state index contributed by atoms with van der Waals surface area (Å²) >= 11 is -4.79. The molecule has 4 nitrogen and oxygen atoms in total.